The SMILES string of the molecule is O=C(NCCn1ccnc1)c1cccnc1. The molecular weight excluding hydrogens is 204 g/mol. The van der Waals surface area contributed by atoms with Crippen molar-refractivity contribution in [1.82, 2.24) is 19.9 Å². The molecule has 0 unspecified atom stereocenters. The second kappa shape index (κ2) is 5.06. The van der Waals surface area contributed by atoms with Gasteiger partial charge in [-0.25, -0.2) is 4.98 Å². The van der Waals surface area contributed by atoms with Crippen molar-refractivity contribution in [2.24, 2.45) is 0 Å². The monoisotopic (exact) mass is 216 g/mol. The molecule has 0 aliphatic carbocycles. The van der Waals surface area contributed by atoms with Crippen LogP contribution in [0.2, 0.25) is 0 Å². The molecule has 1 amide bonds. The predicted molar refractivity (Wildman–Crippen MR) is 58.8 cm³/mol. The van der Waals surface area contributed by atoms with Crippen molar-refractivity contribution in [1.29, 1.82) is 0 Å². The number of hydrogen-bond donors (Lipinski definition) is 1. The highest BCUT2D eigenvalue weighted by Gasteiger charge is 2.03. The molecule has 2 heterocycles. The molecule has 0 spiro atoms. The van der Waals surface area contributed by atoms with Crippen molar-refractivity contribution >= 4 is 5.91 Å². The standard InChI is InChI=1S/C11H12N4O/c16-11(10-2-1-3-12-8-10)14-5-7-15-6-4-13-9-15/h1-4,6,8-9H,5,7H2,(H,14,16). The summed E-state index contributed by atoms with van der Waals surface area (Å²) in [5.41, 5.74) is 0.577. The summed E-state index contributed by atoms with van der Waals surface area (Å²) in [6.45, 7) is 1.29. The van der Waals surface area contributed by atoms with E-state index < -0.39 is 0 Å². The number of pyridine rings is 1. The van der Waals surface area contributed by atoms with Crippen LogP contribution in [0.15, 0.2) is 43.2 Å². The fraction of sp³-hybridized carbons (Fsp3) is 0.182. The van der Waals surface area contributed by atoms with Crippen molar-refractivity contribution in [3.05, 3.63) is 48.8 Å². The van der Waals surface area contributed by atoms with Gasteiger partial charge in [-0.3, -0.25) is 9.78 Å². The van der Waals surface area contributed by atoms with Crippen LogP contribution in [0.4, 0.5) is 0 Å². The first-order chi connectivity index (χ1) is 7.86. The van der Waals surface area contributed by atoms with Crippen molar-refractivity contribution < 1.29 is 4.79 Å². The molecule has 0 saturated heterocycles. The van der Waals surface area contributed by atoms with E-state index in [9.17, 15) is 4.79 Å². The number of imidazole rings is 1. The van der Waals surface area contributed by atoms with Gasteiger partial charge in [-0.2, -0.15) is 0 Å². The first-order valence-corrected chi connectivity index (χ1v) is 5.00. The molecule has 0 aliphatic heterocycles. The molecule has 0 atom stereocenters. The van der Waals surface area contributed by atoms with Crippen molar-refractivity contribution in [2.75, 3.05) is 6.54 Å². The first-order valence-electron chi connectivity index (χ1n) is 5.00. The van der Waals surface area contributed by atoms with E-state index in [-0.39, 0.29) is 5.91 Å². The average Bonchev–Trinajstić information content (AvgIpc) is 2.83. The van der Waals surface area contributed by atoms with Gasteiger partial charge < -0.3 is 9.88 Å². The molecule has 0 fully saturated rings. The van der Waals surface area contributed by atoms with E-state index in [0.29, 0.717) is 18.7 Å². The van der Waals surface area contributed by atoms with Crippen LogP contribution in [0, 0.1) is 0 Å². The topological polar surface area (TPSA) is 59.8 Å². The molecule has 0 aliphatic rings. The van der Waals surface area contributed by atoms with Gasteiger partial charge in [0.1, 0.15) is 0 Å². The van der Waals surface area contributed by atoms with E-state index in [4.69, 9.17) is 0 Å². The zero-order valence-electron chi connectivity index (χ0n) is 8.71. The number of carbonyl (C=O) groups is 1. The van der Waals surface area contributed by atoms with Crippen molar-refractivity contribution in [2.45, 2.75) is 6.54 Å². The highest BCUT2D eigenvalue weighted by atomic mass is 16.1. The molecule has 5 heteroatoms. The van der Waals surface area contributed by atoms with Gasteiger partial charge in [-0.1, -0.05) is 0 Å². The van der Waals surface area contributed by atoms with Crippen molar-refractivity contribution in [3.63, 3.8) is 0 Å². The molecule has 0 saturated carbocycles. The fourth-order valence-electron chi connectivity index (χ4n) is 1.32. The maximum absolute atomic E-state index is 11.6. The van der Waals surface area contributed by atoms with Gasteiger partial charge in [0.25, 0.3) is 5.91 Å². The summed E-state index contributed by atoms with van der Waals surface area (Å²) in [7, 11) is 0. The van der Waals surface area contributed by atoms with Gasteiger partial charge in [-0.15, -0.1) is 0 Å². The molecule has 2 aromatic rings. The van der Waals surface area contributed by atoms with Crippen LogP contribution in [0.1, 0.15) is 10.4 Å². The Hall–Kier alpha value is -2.17. The Morgan fingerprint density at radius 1 is 1.38 bits per heavy atom. The van der Waals surface area contributed by atoms with Crippen molar-refractivity contribution in [3.8, 4) is 0 Å². The lowest BCUT2D eigenvalue weighted by atomic mass is 10.3. The van der Waals surface area contributed by atoms with E-state index in [1.54, 1.807) is 37.1 Å². The molecule has 2 aromatic heterocycles. The number of carbonyl (C=O) groups excluding carboxylic acids is 1. The number of nitrogens with one attached hydrogen (secondary N) is 1. The van der Waals surface area contributed by atoms with Crippen LogP contribution in [-0.2, 0) is 6.54 Å². The normalized spacial score (nSPS) is 10.0. The molecule has 5 nitrogen and oxygen atoms in total. The van der Waals surface area contributed by atoms with Crippen LogP contribution < -0.4 is 5.32 Å². The minimum atomic E-state index is -0.104. The van der Waals surface area contributed by atoms with E-state index in [0.717, 1.165) is 0 Å². The molecule has 0 radical (unpaired) electrons. The quantitative estimate of drug-likeness (QED) is 0.818. The Labute approximate surface area is 93.2 Å². The summed E-state index contributed by atoms with van der Waals surface area (Å²) in [5.74, 6) is -0.104. The summed E-state index contributed by atoms with van der Waals surface area (Å²) in [5, 5.41) is 2.81. The first kappa shape index (κ1) is 10.4. The van der Waals surface area contributed by atoms with Gasteiger partial charge in [0.05, 0.1) is 11.9 Å². The lowest BCUT2D eigenvalue weighted by Gasteiger charge is -2.05. The summed E-state index contributed by atoms with van der Waals surface area (Å²) in [4.78, 5) is 19.4. The zero-order valence-corrected chi connectivity index (χ0v) is 8.71. The van der Waals surface area contributed by atoms with Gasteiger partial charge in [-0.05, 0) is 12.1 Å². The van der Waals surface area contributed by atoms with E-state index in [2.05, 4.69) is 15.3 Å². The van der Waals surface area contributed by atoms with Gasteiger partial charge in [0.2, 0.25) is 0 Å². The summed E-state index contributed by atoms with van der Waals surface area (Å²) >= 11 is 0. The van der Waals surface area contributed by atoms with Crippen LogP contribution in [0.25, 0.3) is 0 Å². The second-order valence-electron chi connectivity index (χ2n) is 3.30. The van der Waals surface area contributed by atoms with Crippen LogP contribution in [-0.4, -0.2) is 27.0 Å². The van der Waals surface area contributed by atoms with E-state index >= 15 is 0 Å². The number of hydrogen-bond acceptors (Lipinski definition) is 3. The predicted octanol–water partition coefficient (Wildman–Crippen LogP) is 0.708. The molecular formula is C11H12N4O. The Kier molecular flexibility index (Phi) is 3.28. The molecule has 2 rings (SSSR count). The lowest BCUT2D eigenvalue weighted by molar-refractivity contribution is 0.0952. The minimum Gasteiger partial charge on any atom is -0.350 e. The van der Waals surface area contributed by atoms with Crippen LogP contribution in [0.5, 0.6) is 0 Å². The van der Waals surface area contributed by atoms with Crippen LogP contribution >= 0.6 is 0 Å². The largest absolute Gasteiger partial charge is 0.350 e. The molecule has 0 aromatic carbocycles. The lowest BCUT2D eigenvalue weighted by Crippen LogP contribution is -2.26. The molecule has 16 heavy (non-hydrogen) atoms. The maximum atomic E-state index is 11.6. The number of nitrogens with zero attached hydrogens (tertiary/aromatic N) is 3. The number of aromatic nitrogens is 3. The van der Waals surface area contributed by atoms with Gasteiger partial charge >= 0.3 is 0 Å². The average molecular weight is 216 g/mol. The zero-order chi connectivity index (χ0) is 11.2. The Morgan fingerprint density at radius 3 is 3.00 bits per heavy atom. The van der Waals surface area contributed by atoms with Crippen LogP contribution in [0.3, 0.4) is 0 Å². The third kappa shape index (κ3) is 2.66. The summed E-state index contributed by atoms with van der Waals surface area (Å²) in [6, 6.07) is 3.48. The van der Waals surface area contributed by atoms with Gasteiger partial charge in [0, 0.05) is 37.9 Å². The molecule has 1 N–H and O–H groups in total. The molecule has 0 bridgehead atoms. The summed E-state index contributed by atoms with van der Waals surface area (Å²) < 4.78 is 1.91. The van der Waals surface area contributed by atoms with E-state index in [1.165, 1.54) is 0 Å². The fourth-order valence-corrected chi connectivity index (χ4v) is 1.32. The highest BCUT2D eigenvalue weighted by Crippen LogP contribution is 1.94. The van der Waals surface area contributed by atoms with Gasteiger partial charge in [0.15, 0.2) is 0 Å². The Balaban J connectivity index is 1.81. The third-order valence-corrected chi connectivity index (χ3v) is 2.14. The summed E-state index contributed by atoms with van der Waals surface area (Å²) in [6.07, 6.45) is 8.48. The highest BCUT2D eigenvalue weighted by molar-refractivity contribution is 5.93. The Bertz CT molecular complexity index is 438. The third-order valence-electron chi connectivity index (χ3n) is 2.14. The smallest absolute Gasteiger partial charge is 0.252 e. The number of rotatable bonds is 4. The number of amides is 1. The van der Waals surface area contributed by atoms with E-state index in [1.807, 2.05) is 10.8 Å². The minimum absolute atomic E-state index is 0.104. The maximum Gasteiger partial charge on any atom is 0.252 e. The second-order valence-corrected chi connectivity index (χ2v) is 3.30. The molecule has 82 valence electrons. The Morgan fingerprint density at radius 2 is 2.31 bits per heavy atom.